The molecule has 2 aromatic rings. The van der Waals surface area contributed by atoms with Crippen molar-refractivity contribution >= 4 is 35.2 Å². The lowest BCUT2D eigenvalue weighted by atomic mass is 9.80. The van der Waals surface area contributed by atoms with E-state index in [1.54, 1.807) is 65.8 Å². The largest absolute Gasteiger partial charge is 0.450 e. The first-order valence-corrected chi connectivity index (χ1v) is 15.7. The predicted molar refractivity (Wildman–Crippen MR) is 168 cm³/mol. The summed E-state index contributed by atoms with van der Waals surface area (Å²) in [6.07, 6.45) is -2.85. The van der Waals surface area contributed by atoms with Gasteiger partial charge in [0.2, 0.25) is 0 Å². The van der Waals surface area contributed by atoms with E-state index < -0.39 is 54.0 Å². The summed E-state index contributed by atoms with van der Waals surface area (Å²) in [5.74, 6) is -2.78. The Morgan fingerprint density at radius 3 is 1.95 bits per heavy atom. The molecule has 1 heterocycles. The molecule has 44 heavy (non-hydrogen) atoms. The summed E-state index contributed by atoms with van der Waals surface area (Å²) in [6.45, 7) is 10.7. The van der Waals surface area contributed by atoms with E-state index in [1.165, 1.54) is 16.3 Å². The zero-order valence-corrected chi connectivity index (χ0v) is 27.1. The number of amides is 3. The van der Waals surface area contributed by atoms with Crippen molar-refractivity contribution in [1.82, 2.24) is 21.1 Å². The Labute approximate surface area is 263 Å². The molecule has 0 bridgehead atoms. The van der Waals surface area contributed by atoms with Crippen LogP contribution in [0, 0.1) is 17.8 Å². The lowest BCUT2D eigenvalue weighted by molar-refractivity contribution is -0.133. The Bertz CT molecular complexity index is 1180. The molecule has 2 rings (SSSR count). The second kappa shape index (κ2) is 18.3. The van der Waals surface area contributed by atoms with Crippen LogP contribution in [0.4, 0.5) is 9.59 Å². The molecule has 12 nitrogen and oxygen atoms in total. The van der Waals surface area contributed by atoms with Gasteiger partial charge in [-0.1, -0.05) is 64.1 Å². The van der Waals surface area contributed by atoms with E-state index in [0.717, 1.165) is 4.88 Å². The van der Waals surface area contributed by atoms with Crippen LogP contribution in [0.3, 0.4) is 0 Å². The topological polar surface area (TPSA) is 172 Å². The fraction of sp³-hybridized carbons (Fsp3) is 0.548. The minimum Gasteiger partial charge on any atom is -0.450 e. The van der Waals surface area contributed by atoms with Gasteiger partial charge in [0.05, 0.1) is 37.8 Å². The number of aliphatic hydroxyl groups excluding tert-OH is 1. The summed E-state index contributed by atoms with van der Waals surface area (Å²) in [6, 6.07) is 9.79. The standard InChI is InChI=1S/C31H47N5O7S/c1-7-42-30(40)33-26(19(3)4)28(38)24(25(32)21-13-10-9-11-14-21)23(37)18-36(17-22-15-12-16-44-22)35-29(39)27(20(5)6)34-31(41)43-8-2/h9-16,19-20,23-27,37H,7-8,17-18,32H2,1-6H3,(H,33,40)(H,34,41)(H,35,39)/t23-,24?,25?,26-,27-/m0/s1. The molecule has 0 radical (unpaired) electrons. The maximum Gasteiger partial charge on any atom is 0.407 e. The predicted octanol–water partition coefficient (Wildman–Crippen LogP) is 3.37. The molecule has 0 aliphatic carbocycles. The lowest BCUT2D eigenvalue weighted by Gasteiger charge is -2.35. The molecule has 0 spiro atoms. The van der Waals surface area contributed by atoms with Crippen molar-refractivity contribution in [3.05, 3.63) is 58.3 Å². The molecule has 0 aliphatic rings. The zero-order valence-electron chi connectivity index (χ0n) is 26.3. The number of hydrazine groups is 1. The Balaban J connectivity index is 2.43. The number of carbonyl (C=O) groups is 4. The van der Waals surface area contributed by atoms with Gasteiger partial charge in [0.15, 0.2) is 5.78 Å². The van der Waals surface area contributed by atoms with Crippen molar-refractivity contribution in [2.75, 3.05) is 19.8 Å². The molecule has 3 amide bonds. The number of aliphatic hydroxyl groups is 1. The number of rotatable bonds is 17. The first-order valence-electron chi connectivity index (χ1n) is 14.9. The number of nitrogens with one attached hydrogen (secondary N) is 3. The number of thiophene rings is 1. The van der Waals surface area contributed by atoms with Gasteiger partial charge < -0.3 is 30.9 Å². The first kappa shape index (κ1) is 36.7. The molecule has 0 fully saturated rings. The number of alkyl carbamates (subject to hydrolysis) is 2. The molecule has 244 valence electrons. The first-order chi connectivity index (χ1) is 20.9. The highest BCUT2D eigenvalue weighted by molar-refractivity contribution is 7.09. The fourth-order valence-electron chi connectivity index (χ4n) is 4.70. The quantitative estimate of drug-likeness (QED) is 0.164. The van der Waals surface area contributed by atoms with Crippen molar-refractivity contribution in [3.8, 4) is 0 Å². The number of ether oxygens (including phenoxy) is 2. The van der Waals surface area contributed by atoms with Crippen LogP contribution in [-0.2, 0) is 25.6 Å². The molecular formula is C31H47N5O7S. The van der Waals surface area contributed by atoms with E-state index in [1.807, 2.05) is 23.6 Å². The van der Waals surface area contributed by atoms with Crippen LogP contribution < -0.4 is 21.8 Å². The van der Waals surface area contributed by atoms with Crippen LogP contribution in [0.2, 0.25) is 0 Å². The molecule has 6 N–H and O–H groups in total. The lowest BCUT2D eigenvalue weighted by Crippen LogP contribution is -2.57. The second-order valence-electron chi connectivity index (χ2n) is 11.0. The van der Waals surface area contributed by atoms with Crippen molar-refractivity contribution < 1.29 is 33.8 Å². The summed E-state index contributed by atoms with van der Waals surface area (Å²) in [7, 11) is 0. The molecule has 1 aromatic heterocycles. The maximum absolute atomic E-state index is 14.1. The van der Waals surface area contributed by atoms with Crippen LogP contribution in [0.25, 0.3) is 0 Å². The monoisotopic (exact) mass is 633 g/mol. The summed E-state index contributed by atoms with van der Waals surface area (Å²) in [4.78, 5) is 52.9. The van der Waals surface area contributed by atoms with E-state index in [2.05, 4.69) is 16.1 Å². The highest BCUT2D eigenvalue weighted by Crippen LogP contribution is 2.27. The third-order valence-electron chi connectivity index (χ3n) is 6.94. The third-order valence-corrected chi connectivity index (χ3v) is 7.80. The number of nitrogens with two attached hydrogens (primary N) is 1. The number of benzene rings is 1. The van der Waals surface area contributed by atoms with Gasteiger partial charge in [0, 0.05) is 17.5 Å². The maximum atomic E-state index is 14.1. The number of ketones is 1. The number of hydrogen-bond donors (Lipinski definition) is 5. The van der Waals surface area contributed by atoms with Gasteiger partial charge in [-0.3, -0.25) is 15.0 Å². The van der Waals surface area contributed by atoms with Gasteiger partial charge in [0.1, 0.15) is 6.04 Å². The molecule has 1 aromatic carbocycles. The second-order valence-corrected chi connectivity index (χ2v) is 12.1. The van der Waals surface area contributed by atoms with Crippen LogP contribution in [-0.4, -0.2) is 71.9 Å². The highest BCUT2D eigenvalue weighted by atomic mass is 32.1. The van der Waals surface area contributed by atoms with E-state index in [-0.39, 0.29) is 38.1 Å². The van der Waals surface area contributed by atoms with Gasteiger partial charge in [-0.25, -0.2) is 14.6 Å². The van der Waals surface area contributed by atoms with E-state index in [9.17, 15) is 24.3 Å². The average Bonchev–Trinajstić information content (AvgIpc) is 3.48. The van der Waals surface area contributed by atoms with Crippen molar-refractivity contribution in [2.24, 2.45) is 23.5 Å². The van der Waals surface area contributed by atoms with Gasteiger partial charge in [-0.15, -0.1) is 11.3 Å². The van der Waals surface area contributed by atoms with Crippen molar-refractivity contribution in [1.29, 1.82) is 0 Å². The third kappa shape index (κ3) is 11.2. The SMILES string of the molecule is CCOC(=O)N[C@H](C(=O)NN(Cc1cccs1)C[C@H](O)C(C(=O)[C@@H](NC(=O)OCC)C(C)C)C(N)c1ccccc1)C(C)C. The molecule has 2 unspecified atom stereocenters. The smallest absolute Gasteiger partial charge is 0.407 e. The Morgan fingerprint density at radius 1 is 0.886 bits per heavy atom. The van der Waals surface area contributed by atoms with Gasteiger partial charge >= 0.3 is 12.2 Å². The van der Waals surface area contributed by atoms with Gasteiger partial charge in [0.25, 0.3) is 5.91 Å². The number of hydrogen-bond acceptors (Lipinski definition) is 10. The molecule has 0 aliphatic heterocycles. The van der Waals surface area contributed by atoms with E-state index in [4.69, 9.17) is 15.2 Å². The number of carbonyl (C=O) groups excluding carboxylic acids is 4. The van der Waals surface area contributed by atoms with Crippen molar-refractivity contribution in [3.63, 3.8) is 0 Å². The average molecular weight is 634 g/mol. The number of nitrogens with zero attached hydrogens (tertiary/aromatic N) is 1. The van der Waals surface area contributed by atoms with Crippen LogP contribution in [0.5, 0.6) is 0 Å². The normalized spacial score (nSPS) is 14.8. The minimum absolute atomic E-state index is 0.125. The molecule has 0 saturated heterocycles. The Kier molecular flexibility index (Phi) is 15.3. The Morgan fingerprint density at radius 2 is 1.45 bits per heavy atom. The van der Waals surface area contributed by atoms with Crippen LogP contribution >= 0.6 is 11.3 Å². The molecular weight excluding hydrogens is 586 g/mol. The minimum atomic E-state index is -1.38. The number of Topliss-reactive ketones (excluding diaryl/α,β-unsaturated/α-hetero) is 1. The van der Waals surface area contributed by atoms with E-state index >= 15 is 0 Å². The van der Waals surface area contributed by atoms with Crippen LogP contribution in [0.15, 0.2) is 47.8 Å². The van der Waals surface area contributed by atoms with Gasteiger partial charge in [-0.2, -0.15) is 0 Å². The molecule has 0 saturated carbocycles. The Hall–Kier alpha value is -3.52. The van der Waals surface area contributed by atoms with Crippen molar-refractivity contribution in [2.45, 2.75) is 72.3 Å². The zero-order chi connectivity index (χ0) is 32.8. The summed E-state index contributed by atoms with van der Waals surface area (Å²) >= 11 is 1.46. The van der Waals surface area contributed by atoms with Crippen LogP contribution in [0.1, 0.15) is 58.0 Å². The van der Waals surface area contributed by atoms with E-state index in [0.29, 0.717) is 5.56 Å². The summed E-state index contributed by atoms with van der Waals surface area (Å²) in [5, 5.41) is 20.3. The molecule has 5 atom stereocenters. The molecule has 13 heteroatoms. The van der Waals surface area contributed by atoms with Gasteiger partial charge in [-0.05, 0) is 42.7 Å². The summed E-state index contributed by atoms with van der Waals surface area (Å²) in [5.41, 5.74) is 10.1. The fourth-order valence-corrected chi connectivity index (χ4v) is 5.42. The summed E-state index contributed by atoms with van der Waals surface area (Å²) < 4.78 is 9.99. The highest BCUT2D eigenvalue weighted by Gasteiger charge is 2.40.